The van der Waals surface area contributed by atoms with Crippen molar-refractivity contribution in [3.8, 4) is 11.5 Å². The molecule has 0 amide bonds. The van der Waals surface area contributed by atoms with Crippen molar-refractivity contribution in [2.75, 3.05) is 0 Å². The molecule has 0 radical (unpaired) electrons. The standard InChI is InChI=1S/C11H12O2/c1-3-5-9-7-11(13)10(12)6-8(9)4-2/h3-7,12-13H,1H2,2H3/b8-4-,9-5-. The van der Waals surface area contributed by atoms with E-state index in [1.807, 2.05) is 13.0 Å². The Labute approximate surface area is 76.8 Å². The summed E-state index contributed by atoms with van der Waals surface area (Å²) < 4.78 is 0. The summed E-state index contributed by atoms with van der Waals surface area (Å²) in [5, 5.41) is 20.2. The van der Waals surface area contributed by atoms with Crippen LogP contribution in [-0.2, 0) is 0 Å². The first-order valence-electron chi connectivity index (χ1n) is 4.00. The SMILES string of the molecule is C=C/C=c1/cc(O)c(O)c/c1=C/C. The second kappa shape index (κ2) is 3.81. The molecule has 0 saturated carbocycles. The van der Waals surface area contributed by atoms with Crippen molar-refractivity contribution >= 4 is 12.2 Å². The Morgan fingerprint density at radius 2 is 1.69 bits per heavy atom. The Morgan fingerprint density at radius 3 is 2.15 bits per heavy atom. The van der Waals surface area contributed by atoms with Crippen LogP contribution >= 0.6 is 0 Å². The lowest BCUT2D eigenvalue weighted by Gasteiger charge is -1.96. The van der Waals surface area contributed by atoms with Crippen molar-refractivity contribution in [1.82, 2.24) is 0 Å². The Bertz CT molecular complexity index is 430. The molecule has 0 aliphatic rings. The summed E-state index contributed by atoms with van der Waals surface area (Å²) in [7, 11) is 0. The summed E-state index contributed by atoms with van der Waals surface area (Å²) in [6, 6.07) is 3.02. The molecule has 1 rings (SSSR count). The van der Waals surface area contributed by atoms with Crippen molar-refractivity contribution < 1.29 is 10.2 Å². The van der Waals surface area contributed by atoms with Crippen molar-refractivity contribution in [1.29, 1.82) is 0 Å². The first kappa shape index (κ1) is 9.39. The zero-order chi connectivity index (χ0) is 9.84. The molecule has 0 aliphatic heterocycles. The first-order chi connectivity index (χ1) is 6.19. The molecule has 0 spiro atoms. The molecular formula is C11H12O2. The van der Waals surface area contributed by atoms with Gasteiger partial charge in [0.15, 0.2) is 11.5 Å². The van der Waals surface area contributed by atoms with Crippen LogP contribution < -0.4 is 10.4 Å². The van der Waals surface area contributed by atoms with E-state index in [9.17, 15) is 10.2 Å². The number of aromatic hydroxyl groups is 2. The highest BCUT2D eigenvalue weighted by atomic mass is 16.3. The van der Waals surface area contributed by atoms with Gasteiger partial charge in [-0.15, -0.1) is 0 Å². The second-order valence-electron chi connectivity index (χ2n) is 2.66. The van der Waals surface area contributed by atoms with Gasteiger partial charge in [0.2, 0.25) is 0 Å². The highest BCUT2D eigenvalue weighted by molar-refractivity contribution is 5.46. The lowest BCUT2D eigenvalue weighted by atomic mass is 10.2. The summed E-state index contributed by atoms with van der Waals surface area (Å²) in [5.41, 5.74) is 0. The van der Waals surface area contributed by atoms with Crippen LogP contribution in [0.2, 0.25) is 0 Å². The third-order valence-corrected chi connectivity index (χ3v) is 1.79. The fraction of sp³-hybridized carbons (Fsp3) is 0.0909. The van der Waals surface area contributed by atoms with Crippen LogP contribution in [0.5, 0.6) is 11.5 Å². The maximum absolute atomic E-state index is 9.23. The predicted molar refractivity (Wildman–Crippen MR) is 53.8 cm³/mol. The lowest BCUT2D eigenvalue weighted by molar-refractivity contribution is 0.403. The van der Waals surface area contributed by atoms with E-state index in [2.05, 4.69) is 6.58 Å². The minimum absolute atomic E-state index is 0.102. The summed E-state index contributed by atoms with van der Waals surface area (Å²) in [6.45, 7) is 5.44. The summed E-state index contributed by atoms with van der Waals surface area (Å²) >= 11 is 0. The van der Waals surface area contributed by atoms with Crippen LogP contribution in [0.3, 0.4) is 0 Å². The maximum Gasteiger partial charge on any atom is 0.158 e. The molecule has 0 aromatic heterocycles. The monoisotopic (exact) mass is 176 g/mol. The molecule has 2 heteroatoms. The van der Waals surface area contributed by atoms with E-state index in [1.54, 1.807) is 12.2 Å². The van der Waals surface area contributed by atoms with Crippen LogP contribution in [0.1, 0.15) is 6.92 Å². The van der Waals surface area contributed by atoms with Gasteiger partial charge in [-0.25, -0.2) is 0 Å². The van der Waals surface area contributed by atoms with E-state index >= 15 is 0 Å². The molecule has 68 valence electrons. The van der Waals surface area contributed by atoms with E-state index in [1.165, 1.54) is 12.1 Å². The average Bonchev–Trinajstić information content (AvgIpc) is 2.11. The fourth-order valence-corrected chi connectivity index (χ4v) is 1.13. The van der Waals surface area contributed by atoms with Crippen molar-refractivity contribution in [3.63, 3.8) is 0 Å². The van der Waals surface area contributed by atoms with Gasteiger partial charge in [-0.05, 0) is 29.5 Å². The normalized spacial score (nSPS) is 13.3. The van der Waals surface area contributed by atoms with Gasteiger partial charge in [0.25, 0.3) is 0 Å². The van der Waals surface area contributed by atoms with Gasteiger partial charge in [0.05, 0.1) is 0 Å². The van der Waals surface area contributed by atoms with E-state index in [4.69, 9.17) is 0 Å². The zero-order valence-electron chi connectivity index (χ0n) is 7.49. The van der Waals surface area contributed by atoms with Crippen LogP contribution in [0.25, 0.3) is 12.2 Å². The Morgan fingerprint density at radius 1 is 1.15 bits per heavy atom. The van der Waals surface area contributed by atoms with E-state index in [0.717, 1.165) is 10.4 Å². The van der Waals surface area contributed by atoms with Gasteiger partial charge in [0, 0.05) is 0 Å². The maximum atomic E-state index is 9.23. The third-order valence-electron chi connectivity index (χ3n) is 1.79. The molecule has 0 bridgehead atoms. The Balaban J connectivity index is 3.62. The molecule has 0 heterocycles. The molecule has 0 atom stereocenters. The number of rotatable bonds is 1. The molecule has 2 nitrogen and oxygen atoms in total. The fourth-order valence-electron chi connectivity index (χ4n) is 1.13. The minimum atomic E-state index is -0.112. The first-order valence-corrected chi connectivity index (χ1v) is 4.00. The van der Waals surface area contributed by atoms with E-state index < -0.39 is 0 Å². The lowest BCUT2D eigenvalue weighted by Crippen LogP contribution is -2.23. The molecule has 13 heavy (non-hydrogen) atoms. The van der Waals surface area contributed by atoms with Crippen LogP contribution in [0.4, 0.5) is 0 Å². The quantitative estimate of drug-likeness (QED) is 0.623. The average molecular weight is 176 g/mol. The number of allylic oxidation sites excluding steroid dienone is 1. The number of phenols is 2. The highest BCUT2D eigenvalue weighted by Crippen LogP contribution is 2.18. The molecular weight excluding hydrogens is 164 g/mol. The van der Waals surface area contributed by atoms with Gasteiger partial charge in [0.1, 0.15) is 0 Å². The van der Waals surface area contributed by atoms with Gasteiger partial charge < -0.3 is 10.2 Å². The second-order valence-corrected chi connectivity index (χ2v) is 2.66. The number of benzene rings is 1. The van der Waals surface area contributed by atoms with E-state index in [-0.39, 0.29) is 11.5 Å². The topological polar surface area (TPSA) is 40.5 Å². The summed E-state index contributed by atoms with van der Waals surface area (Å²) in [5.74, 6) is -0.215. The molecule has 1 aromatic rings. The van der Waals surface area contributed by atoms with Gasteiger partial charge in [-0.1, -0.05) is 24.8 Å². The number of hydrogen-bond acceptors (Lipinski definition) is 2. The van der Waals surface area contributed by atoms with E-state index in [0.29, 0.717) is 0 Å². The highest BCUT2D eigenvalue weighted by Gasteiger charge is 1.96. The summed E-state index contributed by atoms with van der Waals surface area (Å²) in [4.78, 5) is 0. The number of hydrogen-bond donors (Lipinski definition) is 2. The van der Waals surface area contributed by atoms with Crippen LogP contribution in [0, 0.1) is 0 Å². The number of phenolic OH excluding ortho intramolecular Hbond substituents is 2. The van der Waals surface area contributed by atoms with Gasteiger partial charge >= 0.3 is 0 Å². The molecule has 2 N–H and O–H groups in total. The smallest absolute Gasteiger partial charge is 0.158 e. The Kier molecular flexibility index (Phi) is 2.75. The molecule has 0 saturated heterocycles. The molecule has 1 aromatic carbocycles. The minimum Gasteiger partial charge on any atom is -0.504 e. The van der Waals surface area contributed by atoms with Crippen LogP contribution in [-0.4, -0.2) is 10.2 Å². The summed E-state index contributed by atoms with van der Waals surface area (Å²) in [6.07, 6.45) is 5.27. The van der Waals surface area contributed by atoms with Crippen molar-refractivity contribution in [3.05, 3.63) is 35.2 Å². The van der Waals surface area contributed by atoms with Crippen LogP contribution in [0.15, 0.2) is 24.8 Å². The third kappa shape index (κ3) is 1.90. The largest absolute Gasteiger partial charge is 0.504 e. The van der Waals surface area contributed by atoms with Gasteiger partial charge in [-0.3, -0.25) is 0 Å². The van der Waals surface area contributed by atoms with Crippen molar-refractivity contribution in [2.24, 2.45) is 0 Å². The zero-order valence-corrected chi connectivity index (χ0v) is 7.49. The molecule has 0 unspecified atom stereocenters. The van der Waals surface area contributed by atoms with Crippen molar-refractivity contribution in [2.45, 2.75) is 6.92 Å². The molecule has 0 fully saturated rings. The van der Waals surface area contributed by atoms with Gasteiger partial charge in [-0.2, -0.15) is 0 Å². The molecule has 0 aliphatic carbocycles. The predicted octanol–water partition coefficient (Wildman–Crippen LogP) is 0.865. The Hall–Kier alpha value is -1.70.